The number of halogens is 2. The molecule has 0 aromatic heterocycles. The molecule has 4 rings (SSSR count). The summed E-state index contributed by atoms with van der Waals surface area (Å²) in [6.45, 7) is 23.1. The van der Waals surface area contributed by atoms with Gasteiger partial charge in [0.2, 0.25) is 0 Å². The van der Waals surface area contributed by atoms with E-state index in [9.17, 15) is 0 Å². The molecule has 0 fully saturated rings. The van der Waals surface area contributed by atoms with E-state index >= 15 is 0 Å². The predicted octanol–water partition coefficient (Wildman–Crippen LogP) is 11.4. The quantitative estimate of drug-likeness (QED) is 0.259. The second kappa shape index (κ2) is 11.2. The fourth-order valence-electron chi connectivity index (χ4n) is 5.04. The first-order valence-electron chi connectivity index (χ1n) is 14.1. The van der Waals surface area contributed by atoms with Gasteiger partial charge in [0.25, 0.3) is 0 Å². The molecular formula is C32H45Cl2O2Si2Zr. The molecule has 0 saturated carbocycles. The molecule has 0 saturated heterocycles. The van der Waals surface area contributed by atoms with Gasteiger partial charge in [-0.3, -0.25) is 0 Å². The summed E-state index contributed by atoms with van der Waals surface area (Å²) in [6.07, 6.45) is 5.41. The third-order valence-electron chi connectivity index (χ3n) is 9.48. The Morgan fingerprint density at radius 1 is 0.718 bits per heavy atom. The Morgan fingerprint density at radius 3 is 1.67 bits per heavy atom. The van der Waals surface area contributed by atoms with Crippen LogP contribution in [-0.4, -0.2) is 16.6 Å². The van der Waals surface area contributed by atoms with E-state index in [2.05, 4.69) is 128 Å². The molecule has 0 spiro atoms. The summed E-state index contributed by atoms with van der Waals surface area (Å²) in [5, 5.41) is 0.216. The molecule has 3 atom stereocenters. The average molecular weight is 680 g/mol. The molecule has 2 aliphatic rings. The monoisotopic (exact) mass is 677 g/mol. The van der Waals surface area contributed by atoms with Gasteiger partial charge >= 0.3 is 256 Å². The molecular weight excluding hydrogens is 635 g/mol. The van der Waals surface area contributed by atoms with Gasteiger partial charge in [0.15, 0.2) is 0 Å². The first-order valence-corrected chi connectivity index (χ1v) is 27.7. The van der Waals surface area contributed by atoms with Gasteiger partial charge < -0.3 is 0 Å². The van der Waals surface area contributed by atoms with Crippen LogP contribution in [0.5, 0.6) is 0 Å². The summed E-state index contributed by atoms with van der Waals surface area (Å²) in [5.74, 6) is 2.39. The van der Waals surface area contributed by atoms with E-state index in [-0.39, 0.29) is 25.5 Å². The van der Waals surface area contributed by atoms with E-state index in [4.69, 9.17) is 25.9 Å². The number of hydrogen-bond donors (Lipinski definition) is 0. The van der Waals surface area contributed by atoms with Gasteiger partial charge in [-0.25, -0.2) is 0 Å². The zero-order valence-electron chi connectivity index (χ0n) is 25.3. The van der Waals surface area contributed by atoms with Crippen LogP contribution in [0.15, 0.2) is 60.0 Å². The molecule has 0 heterocycles. The zero-order valence-corrected chi connectivity index (χ0v) is 31.3. The first-order chi connectivity index (χ1) is 17.9. The van der Waals surface area contributed by atoms with Crippen molar-refractivity contribution in [3.8, 4) is 0 Å². The van der Waals surface area contributed by atoms with Crippen molar-refractivity contribution in [2.45, 2.75) is 99.7 Å². The minimum absolute atomic E-state index is 0.0848. The molecule has 211 valence electrons. The summed E-state index contributed by atoms with van der Waals surface area (Å²) >= 11 is -2.83. The van der Waals surface area contributed by atoms with Crippen molar-refractivity contribution >= 4 is 45.8 Å². The molecule has 2 aliphatic carbocycles. The van der Waals surface area contributed by atoms with Gasteiger partial charge in [0, 0.05) is 0 Å². The van der Waals surface area contributed by atoms with Gasteiger partial charge in [-0.1, -0.05) is 0 Å². The van der Waals surface area contributed by atoms with Gasteiger partial charge in [0.05, 0.1) is 0 Å². The second-order valence-electron chi connectivity index (χ2n) is 14.2. The van der Waals surface area contributed by atoms with E-state index < -0.39 is 36.0 Å². The Bertz CT molecular complexity index is 1270. The van der Waals surface area contributed by atoms with Crippen LogP contribution in [0.1, 0.15) is 82.1 Å². The second-order valence-corrected chi connectivity index (χ2v) is 32.9. The summed E-state index contributed by atoms with van der Waals surface area (Å²) in [7, 11) is 10.1. The fraction of sp³-hybridized carbons (Fsp3) is 0.500. The third kappa shape index (κ3) is 6.43. The molecule has 0 aliphatic heterocycles. The standard InChI is InChI=1S/C32H45O2Si2.2ClH.Zr/c1-31(2,3)35(7,8)33-29-21-23-15-11-13-17-25(23)27(29)19-20-28-26-18-14-12-16-24(26)22-30(28)34-36(9,10)32(4,5)6;;;/h11-19,21-22,27-28H,20H2,1-10H3;2*1H;/q;;;+2/p-2. The third-order valence-corrected chi connectivity index (χ3v) is 24.3. The number of hydrogen-bond acceptors (Lipinski definition) is 2. The maximum absolute atomic E-state index is 7.11. The summed E-state index contributed by atoms with van der Waals surface area (Å²) in [6, 6.07) is 17.4. The SMILES string of the molecule is CC(C)(C)[Si](C)(C)OC1=Cc2ccccc2C1C[CH](C1C(O[Si](C)(C)C(C)(C)C)=Cc2ccccc21)[Zr]([Cl])[Cl]. The van der Waals surface area contributed by atoms with Crippen molar-refractivity contribution in [1.29, 1.82) is 0 Å². The van der Waals surface area contributed by atoms with Gasteiger partial charge in [-0.15, -0.1) is 0 Å². The van der Waals surface area contributed by atoms with Gasteiger partial charge in [0.1, 0.15) is 0 Å². The van der Waals surface area contributed by atoms with Crippen LogP contribution >= 0.6 is 17.0 Å². The molecule has 2 aromatic carbocycles. The van der Waals surface area contributed by atoms with Crippen molar-refractivity contribution in [2.75, 3.05) is 0 Å². The van der Waals surface area contributed by atoms with Crippen LogP contribution in [0.4, 0.5) is 0 Å². The molecule has 0 radical (unpaired) electrons. The maximum atomic E-state index is 7.11. The number of rotatable bonds is 8. The van der Waals surface area contributed by atoms with Crippen molar-refractivity contribution < 1.29 is 28.2 Å². The van der Waals surface area contributed by atoms with Crippen LogP contribution in [0.25, 0.3) is 12.2 Å². The van der Waals surface area contributed by atoms with E-state index in [1.807, 2.05) is 0 Å². The summed E-state index contributed by atoms with van der Waals surface area (Å²) in [4.78, 5) is 0. The molecule has 7 heteroatoms. The topological polar surface area (TPSA) is 18.5 Å². The molecule has 0 bridgehead atoms. The molecule has 39 heavy (non-hydrogen) atoms. The molecule has 2 aromatic rings. The zero-order chi connectivity index (χ0) is 29.0. The van der Waals surface area contributed by atoms with Gasteiger partial charge in [-0.2, -0.15) is 0 Å². The van der Waals surface area contributed by atoms with E-state index in [1.165, 1.54) is 22.3 Å². The number of benzene rings is 2. The molecule has 0 amide bonds. The van der Waals surface area contributed by atoms with Crippen LogP contribution in [0, 0.1) is 0 Å². The normalized spacial score (nSPS) is 20.1. The summed E-state index contributed by atoms with van der Waals surface area (Å²) < 4.78 is 14.2. The van der Waals surface area contributed by atoms with Gasteiger partial charge in [-0.05, 0) is 0 Å². The Kier molecular flexibility index (Phi) is 9.04. The average Bonchev–Trinajstić information content (AvgIpc) is 3.32. The van der Waals surface area contributed by atoms with E-state index in [0.717, 1.165) is 17.9 Å². The van der Waals surface area contributed by atoms with E-state index in [0.29, 0.717) is 0 Å². The van der Waals surface area contributed by atoms with E-state index in [1.54, 1.807) is 0 Å². The first kappa shape index (κ1) is 31.4. The van der Waals surface area contributed by atoms with Crippen molar-refractivity contribution in [1.82, 2.24) is 0 Å². The van der Waals surface area contributed by atoms with Crippen LogP contribution in [-0.2, 0) is 28.2 Å². The Morgan fingerprint density at radius 2 is 1.15 bits per heavy atom. The van der Waals surface area contributed by atoms with Crippen LogP contribution in [0.2, 0.25) is 39.9 Å². The van der Waals surface area contributed by atoms with Crippen molar-refractivity contribution in [2.24, 2.45) is 0 Å². The Balaban J connectivity index is 1.74. The van der Waals surface area contributed by atoms with Crippen LogP contribution < -0.4 is 0 Å². The number of allylic oxidation sites excluding steroid dienone is 2. The fourth-order valence-corrected chi connectivity index (χ4v) is 12.2. The Labute approximate surface area is 254 Å². The Hall–Kier alpha value is -0.583. The van der Waals surface area contributed by atoms with Crippen LogP contribution in [0.3, 0.4) is 0 Å². The molecule has 0 N–H and O–H groups in total. The van der Waals surface area contributed by atoms with Crippen molar-refractivity contribution in [3.63, 3.8) is 0 Å². The predicted molar refractivity (Wildman–Crippen MR) is 171 cm³/mol. The van der Waals surface area contributed by atoms with Crippen molar-refractivity contribution in [3.05, 3.63) is 82.3 Å². The molecule has 3 unspecified atom stereocenters. The summed E-state index contributed by atoms with van der Waals surface area (Å²) in [5.41, 5.74) is 5.12. The molecule has 2 nitrogen and oxygen atoms in total. The minimum atomic E-state index is -2.83. The number of fused-ring (bicyclic) bond motifs is 2.